The Hall–Kier alpha value is -2.47. The highest BCUT2D eigenvalue weighted by atomic mass is 16.7. The Morgan fingerprint density at radius 1 is 1.18 bits per heavy atom. The fourth-order valence-electron chi connectivity index (χ4n) is 3.56. The van der Waals surface area contributed by atoms with Crippen LogP contribution in [0.2, 0.25) is 0 Å². The van der Waals surface area contributed by atoms with E-state index in [1.165, 1.54) is 5.57 Å². The van der Waals surface area contributed by atoms with Gasteiger partial charge in [0.15, 0.2) is 5.03 Å². The summed E-state index contributed by atoms with van der Waals surface area (Å²) in [5.41, 5.74) is 8.37. The standard InChI is InChI=1S/C22H42BN5O6/c1-15(2)8-6-9-17(5)13-19(29)14-18(10-7-11-25-22(24)27-28(33)34)21(30)26-20(23(31)32)12-16(3)4/h8,16-18,20,31-32H,6-7,9-14H2,1-5H3,(H,26,30)(H3,24,25,27)/t17-,18-,20+/m1/s1. The van der Waals surface area contributed by atoms with Gasteiger partial charge in [-0.2, -0.15) is 0 Å². The van der Waals surface area contributed by atoms with Gasteiger partial charge in [-0.15, -0.1) is 0 Å². The molecule has 34 heavy (non-hydrogen) atoms. The molecule has 0 aromatic heterocycles. The fraction of sp³-hybridized carbons (Fsp3) is 0.773. The van der Waals surface area contributed by atoms with Crippen molar-refractivity contribution in [3.05, 3.63) is 21.8 Å². The van der Waals surface area contributed by atoms with Gasteiger partial charge in [-0.05, 0) is 57.8 Å². The molecule has 0 rings (SSSR count). The van der Waals surface area contributed by atoms with Gasteiger partial charge in [0, 0.05) is 25.3 Å². The van der Waals surface area contributed by atoms with Crippen LogP contribution in [-0.4, -0.2) is 52.3 Å². The van der Waals surface area contributed by atoms with E-state index in [2.05, 4.69) is 16.4 Å². The maximum absolute atomic E-state index is 12.9. The van der Waals surface area contributed by atoms with Crippen molar-refractivity contribution in [2.45, 2.75) is 85.5 Å². The molecule has 6 N–H and O–H groups in total. The normalized spacial score (nSPS) is 14.2. The number of Topliss-reactive ketones (excluding diaryl/α,β-unsaturated/α-hetero) is 1. The van der Waals surface area contributed by atoms with Gasteiger partial charge in [0.25, 0.3) is 5.96 Å². The van der Waals surface area contributed by atoms with E-state index in [1.54, 1.807) is 5.43 Å². The lowest BCUT2D eigenvalue weighted by atomic mass is 9.74. The van der Waals surface area contributed by atoms with E-state index < -0.39 is 29.9 Å². The molecule has 0 aromatic carbocycles. The van der Waals surface area contributed by atoms with Crippen molar-refractivity contribution in [3.8, 4) is 0 Å². The number of allylic oxidation sites excluding steroid dienone is 2. The molecule has 0 aliphatic heterocycles. The van der Waals surface area contributed by atoms with Gasteiger partial charge in [0.1, 0.15) is 5.78 Å². The molecule has 1 amide bonds. The lowest BCUT2D eigenvalue weighted by Gasteiger charge is -2.23. The SMILES string of the molecule is CC(C)=CCC[C@@H](C)CC(=O)C[C@@H](CCCN=C(N)N[N+](=O)[O-])C(=O)N[C@@H](CC(C)C)B(O)O. The largest absolute Gasteiger partial charge is 0.475 e. The number of guanidine groups is 1. The molecule has 0 aromatic rings. The number of hydrazine groups is 1. The van der Waals surface area contributed by atoms with E-state index in [4.69, 9.17) is 5.73 Å². The van der Waals surface area contributed by atoms with E-state index >= 15 is 0 Å². The highest BCUT2D eigenvalue weighted by Crippen LogP contribution is 2.19. The molecule has 3 atom stereocenters. The van der Waals surface area contributed by atoms with E-state index in [0.29, 0.717) is 25.7 Å². The van der Waals surface area contributed by atoms with Crippen molar-refractivity contribution in [2.75, 3.05) is 6.54 Å². The predicted octanol–water partition coefficient (Wildman–Crippen LogP) is 1.75. The third kappa shape index (κ3) is 16.2. The van der Waals surface area contributed by atoms with Crippen LogP contribution in [0.15, 0.2) is 16.6 Å². The summed E-state index contributed by atoms with van der Waals surface area (Å²) in [6.07, 6.45) is 5.33. The zero-order chi connectivity index (χ0) is 26.3. The van der Waals surface area contributed by atoms with Crippen molar-refractivity contribution >= 4 is 24.8 Å². The highest BCUT2D eigenvalue weighted by molar-refractivity contribution is 6.43. The molecule has 0 aliphatic rings. The Kier molecular flexibility index (Phi) is 15.8. The first kappa shape index (κ1) is 31.5. The molecule has 0 bridgehead atoms. The Balaban J connectivity index is 5.12. The number of nitrogens with zero attached hydrogens (tertiary/aromatic N) is 2. The number of hydrogen-bond acceptors (Lipinski definition) is 7. The van der Waals surface area contributed by atoms with Crippen LogP contribution in [0.5, 0.6) is 0 Å². The van der Waals surface area contributed by atoms with Crippen LogP contribution in [0.4, 0.5) is 0 Å². The molecule has 194 valence electrons. The number of nitro groups is 1. The summed E-state index contributed by atoms with van der Waals surface area (Å²) < 4.78 is 0. The van der Waals surface area contributed by atoms with Crippen LogP contribution in [0.3, 0.4) is 0 Å². The number of aliphatic imine (C=N–C) groups is 1. The number of rotatable bonds is 17. The predicted molar refractivity (Wildman–Crippen MR) is 133 cm³/mol. The van der Waals surface area contributed by atoms with Crippen LogP contribution < -0.4 is 16.5 Å². The molecule has 0 fully saturated rings. The third-order valence-corrected chi connectivity index (χ3v) is 5.24. The second kappa shape index (κ2) is 17.0. The van der Waals surface area contributed by atoms with Gasteiger partial charge in [-0.1, -0.05) is 37.8 Å². The number of amides is 1. The van der Waals surface area contributed by atoms with Crippen molar-refractivity contribution in [1.82, 2.24) is 10.7 Å². The first-order valence-corrected chi connectivity index (χ1v) is 11.8. The minimum absolute atomic E-state index is 0.0289. The number of carbonyl (C=O) groups excluding carboxylic acids is 2. The highest BCUT2D eigenvalue weighted by Gasteiger charge is 2.30. The summed E-state index contributed by atoms with van der Waals surface area (Å²) in [6, 6.07) is 0. The quantitative estimate of drug-likeness (QED) is 0.0395. The van der Waals surface area contributed by atoms with E-state index in [-0.39, 0.29) is 36.5 Å². The average molecular weight is 483 g/mol. The summed E-state index contributed by atoms with van der Waals surface area (Å²) in [5.74, 6) is -2.01. The summed E-state index contributed by atoms with van der Waals surface area (Å²) >= 11 is 0. The molecule has 0 aliphatic carbocycles. The zero-order valence-corrected chi connectivity index (χ0v) is 21.1. The lowest BCUT2D eigenvalue weighted by Crippen LogP contribution is -2.49. The first-order chi connectivity index (χ1) is 15.8. The molecule has 0 unspecified atom stereocenters. The monoisotopic (exact) mass is 483 g/mol. The molecule has 0 saturated heterocycles. The molecular weight excluding hydrogens is 441 g/mol. The molecule has 0 spiro atoms. The number of nitrogens with two attached hydrogens (primary N) is 1. The van der Waals surface area contributed by atoms with E-state index in [0.717, 1.165) is 12.8 Å². The second-order valence-corrected chi connectivity index (χ2v) is 9.54. The minimum Gasteiger partial charge on any atom is -0.426 e. The van der Waals surface area contributed by atoms with Crippen LogP contribution in [0.1, 0.15) is 79.6 Å². The van der Waals surface area contributed by atoms with Gasteiger partial charge in [-0.3, -0.25) is 9.59 Å². The van der Waals surface area contributed by atoms with Crippen LogP contribution in [0, 0.1) is 27.9 Å². The molecule has 12 heteroatoms. The van der Waals surface area contributed by atoms with Crippen LogP contribution in [-0.2, 0) is 9.59 Å². The second-order valence-electron chi connectivity index (χ2n) is 9.54. The fourth-order valence-corrected chi connectivity index (χ4v) is 3.56. The molecule has 0 heterocycles. The van der Waals surface area contributed by atoms with E-state index in [1.807, 2.05) is 34.6 Å². The number of nitrogens with one attached hydrogen (secondary N) is 2. The van der Waals surface area contributed by atoms with Crippen molar-refractivity contribution in [1.29, 1.82) is 0 Å². The number of carbonyl (C=O) groups is 2. The van der Waals surface area contributed by atoms with Gasteiger partial charge in [-0.25, -0.2) is 15.1 Å². The Morgan fingerprint density at radius 2 is 1.82 bits per heavy atom. The number of hydrogen-bond donors (Lipinski definition) is 5. The topological polar surface area (TPSA) is 180 Å². The Labute approximate surface area is 202 Å². The Bertz CT molecular complexity index is 710. The molecule has 11 nitrogen and oxygen atoms in total. The van der Waals surface area contributed by atoms with Crippen molar-refractivity contribution in [3.63, 3.8) is 0 Å². The van der Waals surface area contributed by atoms with Crippen molar-refractivity contribution < 1.29 is 24.7 Å². The van der Waals surface area contributed by atoms with Gasteiger partial charge >= 0.3 is 7.12 Å². The molecular formula is C22H42BN5O6. The third-order valence-electron chi connectivity index (χ3n) is 5.24. The van der Waals surface area contributed by atoms with Crippen LogP contribution in [0.25, 0.3) is 0 Å². The van der Waals surface area contributed by atoms with Crippen molar-refractivity contribution in [2.24, 2.45) is 28.5 Å². The van der Waals surface area contributed by atoms with Gasteiger partial charge < -0.3 is 21.1 Å². The summed E-state index contributed by atoms with van der Waals surface area (Å²) in [7, 11) is -1.71. The van der Waals surface area contributed by atoms with Gasteiger partial charge in [0.2, 0.25) is 5.91 Å². The average Bonchev–Trinajstić information content (AvgIpc) is 2.68. The zero-order valence-electron chi connectivity index (χ0n) is 21.1. The number of ketones is 1. The maximum Gasteiger partial charge on any atom is 0.475 e. The Morgan fingerprint density at radius 3 is 2.35 bits per heavy atom. The minimum atomic E-state index is -1.71. The first-order valence-electron chi connectivity index (χ1n) is 11.8. The summed E-state index contributed by atoms with van der Waals surface area (Å²) in [6.45, 7) is 10.0. The van der Waals surface area contributed by atoms with E-state index in [9.17, 15) is 29.8 Å². The molecule has 0 saturated carbocycles. The maximum atomic E-state index is 12.9. The van der Waals surface area contributed by atoms with Crippen LogP contribution >= 0.6 is 0 Å². The van der Waals surface area contributed by atoms with Gasteiger partial charge in [0.05, 0.1) is 5.94 Å². The lowest BCUT2D eigenvalue weighted by molar-refractivity contribution is -0.525. The summed E-state index contributed by atoms with van der Waals surface area (Å²) in [4.78, 5) is 39.8. The molecule has 0 radical (unpaired) electrons. The smallest absolute Gasteiger partial charge is 0.426 e. The summed E-state index contributed by atoms with van der Waals surface area (Å²) in [5, 5.41) is 31.5.